The number of amidine groups is 1. The van der Waals surface area contributed by atoms with Crippen LogP contribution in [0.2, 0.25) is 0 Å². The van der Waals surface area contributed by atoms with E-state index in [1.54, 1.807) is 6.20 Å². The first-order valence-corrected chi connectivity index (χ1v) is 15.7. The van der Waals surface area contributed by atoms with Crippen molar-refractivity contribution in [3.63, 3.8) is 0 Å². The average Bonchev–Trinajstić information content (AvgIpc) is 3.66. The molecule has 41 heavy (non-hydrogen) atoms. The zero-order valence-corrected chi connectivity index (χ0v) is 25.2. The predicted octanol–water partition coefficient (Wildman–Crippen LogP) is 6.27. The van der Waals surface area contributed by atoms with Gasteiger partial charge in [-0.1, -0.05) is 49.5 Å². The van der Waals surface area contributed by atoms with Crippen molar-refractivity contribution in [1.82, 2.24) is 15.0 Å². The van der Waals surface area contributed by atoms with Crippen molar-refractivity contribution < 1.29 is 18.3 Å². The maximum Gasteiger partial charge on any atom is 0.256 e. The zero-order valence-electron chi connectivity index (χ0n) is 24.4. The fourth-order valence-electron chi connectivity index (χ4n) is 5.57. The number of nitrogens with zero attached hydrogens (tertiary/aromatic N) is 4. The van der Waals surface area contributed by atoms with Gasteiger partial charge in [0, 0.05) is 35.9 Å². The lowest BCUT2D eigenvalue weighted by Gasteiger charge is -2.23. The molecule has 0 bridgehead atoms. The second kappa shape index (κ2) is 12.7. The monoisotopic (exact) mass is 577 g/mol. The number of rotatable bonds is 12. The zero-order chi connectivity index (χ0) is 29.0. The van der Waals surface area contributed by atoms with E-state index in [9.17, 15) is 9.00 Å². The van der Waals surface area contributed by atoms with Crippen LogP contribution in [0.4, 0.5) is 5.82 Å². The van der Waals surface area contributed by atoms with Crippen LogP contribution in [-0.2, 0) is 33.7 Å². The summed E-state index contributed by atoms with van der Waals surface area (Å²) < 4.78 is 27.6. The molecule has 1 saturated carbocycles. The minimum atomic E-state index is -1.59. The van der Waals surface area contributed by atoms with Gasteiger partial charge in [0.2, 0.25) is 0 Å². The molecule has 1 aliphatic carbocycles. The average molecular weight is 578 g/mol. The van der Waals surface area contributed by atoms with E-state index in [2.05, 4.69) is 16.8 Å². The molecular weight excluding hydrogens is 538 g/mol. The summed E-state index contributed by atoms with van der Waals surface area (Å²) in [6.45, 7) is 9.10. The number of carbonyl (C=O) groups is 1. The highest BCUT2D eigenvalue weighted by Crippen LogP contribution is 2.40. The normalized spacial score (nSPS) is 16.9. The summed E-state index contributed by atoms with van der Waals surface area (Å²) in [5.41, 5.74) is 3.56. The third-order valence-corrected chi connectivity index (χ3v) is 9.17. The summed E-state index contributed by atoms with van der Waals surface area (Å²) in [6.07, 6.45) is 8.39. The molecule has 218 valence electrons. The summed E-state index contributed by atoms with van der Waals surface area (Å²) in [5.74, 6) is 2.13. The summed E-state index contributed by atoms with van der Waals surface area (Å²) in [6, 6.07) is 9.55. The molecule has 0 radical (unpaired) electrons. The quantitative estimate of drug-likeness (QED) is 0.272. The van der Waals surface area contributed by atoms with Crippen molar-refractivity contribution in [2.45, 2.75) is 96.2 Å². The van der Waals surface area contributed by atoms with E-state index in [0.717, 1.165) is 78.7 Å². The van der Waals surface area contributed by atoms with Crippen LogP contribution in [0, 0.1) is 13.8 Å². The number of ether oxygens (including phenoxy) is 1. The topological polar surface area (TPSA) is 110 Å². The number of aromatic nitrogens is 2. The summed E-state index contributed by atoms with van der Waals surface area (Å²) in [4.78, 5) is 25.9. The van der Waals surface area contributed by atoms with Crippen molar-refractivity contribution >= 4 is 28.5 Å². The Morgan fingerprint density at radius 3 is 2.63 bits per heavy atom. The molecule has 5 rings (SSSR count). The fraction of sp³-hybridized carbons (Fsp3) is 0.484. The Balaban J connectivity index is 1.45. The van der Waals surface area contributed by atoms with E-state index in [0.29, 0.717) is 36.2 Å². The minimum Gasteiger partial charge on any atom is -0.377 e. The van der Waals surface area contributed by atoms with E-state index in [1.807, 2.05) is 56.0 Å². The molecule has 1 fully saturated rings. The number of carbonyl (C=O) groups excluding carboxylic acids is 1. The highest BCUT2D eigenvalue weighted by atomic mass is 32.2. The molecule has 1 atom stereocenters. The molecule has 3 aromatic rings. The molecule has 3 heterocycles. The number of unbranched alkanes of at least 4 members (excludes halogenated alkanes) is 1. The van der Waals surface area contributed by atoms with Gasteiger partial charge in [0.1, 0.15) is 17.1 Å². The number of anilines is 1. The van der Waals surface area contributed by atoms with E-state index in [4.69, 9.17) is 19.2 Å². The molecule has 1 aromatic carbocycles. The Morgan fingerprint density at radius 1 is 1.15 bits per heavy atom. The van der Waals surface area contributed by atoms with Crippen LogP contribution in [0.3, 0.4) is 0 Å². The third-order valence-electron chi connectivity index (χ3n) is 8.03. The molecule has 2 aliphatic rings. The van der Waals surface area contributed by atoms with Crippen LogP contribution in [0.1, 0.15) is 81.4 Å². The van der Waals surface area contributed by atoms with Gasteiger partial charge < -0.3 is 9.26 Å². The Morgan fingerprint density at radius 2 is 1.93 bits per heavy atom. The second-order valence-corrected chi connectivity index (χ2v) is 12.0. The highest BCUT2D eigenvalue weighted by Gasteiger charge is 2.49. The number of hydrogen-bond donors (Lipinski definition) is 1. The molecule has 1 amide bonds. The predicted molar refractivity (Wildman–Crippen MR) is 160 cm³/mol. The van der Waals surface area contributed by atoms with Gasteiger partial charge in [-0.25, -0.2) is 4.21 Å². The van der Waals surface area contributed by atoms with E-state index >= 15 is 0 Å². The summed E-state index contributed by atoms with van der Waals surface area (Å²) in [5, 5.41) is 4.01. The summed E-state index contributed by atoms with van der Waals surface area (Å²) in [7, 11) is -1.59. The molecule has 1 unspecified atom stereocenters. The van der Waals surface area contributed by atoms with Crippen molar-refractivity contribution in [3.8, 4) is 11.1 Å². The standard InChI is InChI=1S/C31H39N5O4S/c1-5-7-14-28-33-31(15-10-11-16-31)30(37)36(28)19-24-17-23(20-39-6-2)26(18-32-24)25-12-8-9-13-27(25)41(38)35-29-21(3)22(4)40-34-29/h8-9,12-13,17-18H,5-7,10-11,14-16,19-20H2,1-4H3,(H,34,35). The minimum absolute atomic E-state index is 0.114. The number of amides is 1. The largest absolute Gasteiger partial charge is 0.377 e. The first kappa shape index (κ1) is 29.1. The van der Waals surface area contributed by atoms with Gasteiger partial charge in [0.25, 0.3) is 5.91 Å². The van der Waals surface area contributed by atoms with Gasteiger partial charge in [-0.15, -0.1) is 0 Å². The van der Waals surface area contributed by atoms with Crippen molar-refractivity contribution in [2.24, 2.45) is 4.99 Å². The molecule has 1 N–H and O–H groups in total. The van der Waals surface area contributed by atoms with Gasteiger partial charge in [-0.05, 0) is 57.7 Å². The van der Waals surface area contributed by atoms with Crippen molar-refractivity contribution in [2.75, 3.05) is 11.3 Å². The van der Waals surface area contributed by atoms with E-state index in [-0.39, 0.29) is 5.91 Å². The number of hydrogen-bond acceptors (Lipinski definition) is 7. The summed E-state index contributed by atoms with van der Waals surface area (Å²) >= 11 is 0. The SMILES string of the molecule is CCCCC1=NC2(CCCC2)C(=O)N1Cc1cc(COCC)c(-c2ccccc2S(=O)Nc2noc(C)c2C)cn1. The Kier molecular flexibility index (Phi) is 8.99. The van der Waals surface area contributed by atoms with Gasteiger partial charge in [-0.3, -0.25) is 24.4 Å². The van der Waals surface area contributed by atoms with Crippen LogP contribution < -0.4 is 4.72 Å². The smallest absolute Gasteiger partial charge is 0.256 e. The molecular formula is C31H39N5O4S. The second-order valence-electron chi connectivity index (χ2n) is 10.8. The Bertz CT molecular complexity index is 1460. The first-order valence-electron chi connectivity index (χ1n) is 14.5. The van der Waals surface area contributed by atoms with Crippen LogP contribution in [0.5, 0.6) is 0 Å². The van der Waals surface area contributed by atoms with Gasteiger partial charge in [0.05, 0.1) is 23.7 Å². The van der Waals surface area contributed by atoms with Gasteiger partial charge in [-0.2, -0.15) is 0 Å². The lowest BCUT2D eigenvalue weighted by molar-refractivity contribution is -0.131. The van der Waals surface area contributed by atoms with Crippen LogP contribution in [0.25, 0.3) is 11.1 Å². The molecule has 9 nitrogen and oxygen atoms in total. The lowest BCUT2D eigenvalue weighted by atomic mass is 9.98. The lowest BCUT2D eigenvalue weighted by Crippen LogP contribution is -2.40. The third kappa shape index (κ3) is 5.99. The maximum atomic E-state index is 13.7. The molecule has 10 heteroatoms. The molecule has 2 aromatic heterocycles. The van der Waals surface area contributed by atoms with Gasteiger partial charge in [0.15, 0.2) is 16.8 Å². The molecule has 1 aliphatic heterocycles. The number of aliphatic imine (C=N–C) groups is 1. The maximum absolute atomic E-state index is 13.7. The highest BCUT2D eigenvalue weighted by molar-refractivity contribution is 7.86. The van der Waals surface area contributed by atoms with E-state index < -0.39 is 16.5 Å². The van der Waals surface area contributed by atoms with Crippen LogP contribution in [0.15, 0.2) is 50.9 Å². The van der Waals surface area contributed by atoms with Crippen molar-refractivity contribution in [3.05, 3.63) is 59.1 Å². The number of nitrogens with one attached hydrogen (secondary N) is 1. The first-order chi connectivity index (χ1) is 19.9. The van der Waals surface area contributed by atoms with Crippen molar-refractivity contribution in [1.29, 1.82) is 0 Å². The Hall–Kier alpha value is -3.37. The number of benzene rings is 1. The van der Waals surface area contributed by atoms with Crippen LogP contribution in [-0.4, -0.2) is 43.1 Å². The number of pyridine rings is 1. The fourth-order valence-corrected chi connectivity index (χ4v) is 6.63. The Labute approximate surface area is 244 Å². The van der Waals surface area contributed by atoms with Crippen LogP contribution >= 0.6 is 0 Å². The van der Waals surface area contributed by atoms with E-state index in [1.165, 1.54) is 0 Å². The number of aryl methyl sites for hydroxylation is 1. The molecule has 0 saturated heterocycles. The van der Waals surface area contributed by atoms with Gasteiger partial charge >= 0.3 is 0 Å². The molecule has 1 spiro atoms.